The van der Waals surface area contributed by atoms with Crippen LogP contribution >= 0.6 is 0 Å². The minimum atomic E-state index is -7.87. The van der Waals surface area contributed by atoms with Crippen molar-refractivity contribution in [2.75, 3.05) is 0 Å². The highest BCUT2D eigenvalue weighted by Crippen LogP contribution is 2.51. The minimum Gasteiger partial charge on any atom is -0.378 e. The van der Waals surface area contributed by atoms with Gasteiger partial charge in [-0.05, 0) is 37.0 Å². The zero-order valence-electron chi connectivity index (χ0n) is 17.3. The number of allylic oxidation sites excluding steroid dienone is 4. The van der Waals surface area contributed by atoms with E-state index in [0.29, 0.717) is 12.2 Å². The SMILES string of the molecule is C=C(C)C(=O)CC1C=CC(OS(=O)(=O)C(F)(F)C(F)(F)C(F)(F)S(=O)(=O)NS(=O)(=O)C(F)(F)F)=CC1. The van der Waals surface area contributed by atoms with Gasteiger partial charge in [0, 0.05) is 6.42 Å². The predicted octanol–water partition coefficient (Wildman–Crippen LogP) is 2.92. The number of alkyl halides is 9. The van der Waals surface area contributed by atoms with E-state index in [1.54, 1.807) is 0 Å². The Hall–Kier alpha value is -2.13. The first-order chi connectivity index (χ1) is 15.7. The standard InChI is InChI=1S/C15H14F9NO8S3/c1-8(2)11(26)7-9-3-5-10(6-4-9)33-36(31,32)14(20,21)12(16,17)13(18,19)34(27,28)25-35(29,30)15(22,23)24/h3,5-6,9,25H,1,4,7H2,2H3. The second-order valence-corrected chi connectivity index (χ2v) is 12.3. The number of carbonyl (C=O) groups excluding carboxylic acids is 1. The third-order valence-corrected chi connectivity index (χ3v) is 8.78. The largest absolute Gasteiger partial charge is 0.512 e. The molecule has 1 atom stereocenters. The van der Waals surface area contributed by atoms with Crippen LogP contribution in [-0.4, -0.2) is 53.0 Å². The van der Waals surface area contributed by atoms with E-state index in [9.17, 15) is 69.6 Å². The van der Waals surface area contributed by atoms with Gasteiger partial charge in [-0.3, -0.25) is 4.79 Å². The number of ketones is 1. The first kappa shape index (κ1) is 31.9. The summed E-state index contributed by atoms with van der Waals surface area (Å²) >= 11 is 0. The molecule has 0 aromatic rings. The third kappa shape index (κ3) is 5.88. The highest BCUT2D eigenvalue weighted by molar-refractivity contribution is 8.05. The van der Waals surface area contributed by atoms with Crippen LogP contribution in [0.1, 0.15) is 19.8 Å². The molecular weight excluding hydrogens is 589 g/mol. The molecule has 0 aliphatic heterocycles. The molecule has 1 aliphatic carbocycles. The number of rotatable bonds is 11. The van der Waals surface area contributed by atoms with Gasteiger partial charge in [0.15, 0.2) is 5.78 Å². The Morgan fingerprint density at radius 1 is 0.972 bits per heavy atom. The lowest BCUT2D eigenvalue weighted by Gasteiger charge is -2.31. The third-order valence-electron chi connectivity index (χ3n) is 4.19. The number of hydrogen-bond donors (Lipinski definition) is 1. The molecule has 0 fully saturated rings. The van der Waals surface area contributed by atoms with Gasteiger partial charge in [-0.15, -0.1) is 0 Å². The summed E-state index contributed by atoms with van der Waals surface area (Å²) in [6.45, 7) is 4.72. The van der Waals surface area contributed by atoms with E-state index in [2.05, 4.69) is 10.8 Å². The van der Waals surface area contributed by atoms with E-state index in [-0.39, 0.29) is 18.4 Å². The molecule has 0 saturated carbocycles. The lowest BCUT2D eigenvalue weighted by molar-refractivity contribution is -0.246. The van der Waals surface area contributed by atoms with Crippen molar-refractivity contribution in [2.24, 2.45) is 5.92 Å². The summed E-state index contributed by atoms with van der Waals surface area (Å²) in [5.74, 6) is -9.84. The second-order valence-electron chi connectivity index (χ2n) is 7.05. The van der Waals surface area contributed by atoms with E-state index in [1.807, 2.05) is 0 Å². The molecule has 0 spiro atoms. The van der Waals surface area contributed by atoms with Crippen LogP contribution in [0.2, 0.25) is 0 Å². The Bertz CT molecular complexity index is 1300. The lowest BCUT2D eigenvalue weighted by Crippen LogP contribution is -2.63. The molecule has 1 rings (SSSR count). The number of halogens is 9. The summed E-state index contributed by atoms with van der Waals surface area (Å²) in [4.78, 5) is 11.6. The number of hydrogen-bond acceptors (Lipinski definition) is 8. The van der Waals surface area contributed by atoms with Crippen molar-refractivity contribution < 1.29 is 73.7 Å². The summed E-state index contributed by atoms with van der Waals surface area (Å²) in [6, 6.07) is 0. The summed E-state index contributed by atoms with van der Waals surface area (Å²) in [5, 5.41) is -14.6. The van der Waals surface area contributed by atoms with Gasteiger partial charge < -0.3 is 4.18 Å². The van der Waals surface area contributed by atoms with Crippen LogP contribution in [-0.2, 0) is 39.1 Å². The second kappa shape index (κ2) is 9.63. The van der Waals surface area contributed by atoms with Gasteiger partial charge in [0.05, 0.1) is 0 Å². The van der Waals surface area contributed by atoms with Gasteiger partial charge >= 0.3 is 42.1 Å². The highest BCUT2D eigenvalue weighted by Gasteiger charge is 2.83. The molecule has 36 heavy (non-hydrogen) atoms. The van der Waals surface area contributed by atoms with Crippen LogP contribution in [0.4, 0.5) is 39.5 Å². The lowest BCUT2D eigenvalue weighted by atomic mass is 9.93. The number of carbonyl (C=O) groups is 1. The van der Waals surface area contributed by atoms with Gasteiger partial charge in [0.2, 0.25) is 0 Å². The topological polar surface area (TPSA) is 141 Å². The van der Waals surface area contributed by atoms with Crippen LogP contribution in [0.25, 0.3) is 0 Å². The van der Waals surface area contributed by atoms with Crippen molar-refractivity contribution in [3.05, 3.63) is 36.1 Å². The van der Waals surface area contributed by atoms with Crippen molar-refractivity contribution in [3.63, 3.8) is 0 Å². The molecule has 208 valence electrons. The molecule has 0 amide bonds. The predicted molar refractivity (Wildman–Crippen MR) is 102 cm³/mol. The summed E-state index contributed by atoms with van der Waals surface area (Å²) < 4.78 is 190. The Morgan fingerprint density at radius 2 is 1.47 bits per heavy atom. The molecular formula is C15H14F9NO8S3. The van der Waals surface area contributed by atoms with Gasteiger partial charge in [0.1, 0.15) is 5.76 Å². The molecule has 0 saturated heterocycles. The van der Waals surface area contributed by atoms with E-state index in [1.165, 1.54) is 6.92 Å². The van der Waals surface area contributed by atoms with Crippen molar-refractivity contribution in [1.29, 1.82) is 0 Å². The van der Waals surface area contributed by atoms with Crippen molar-refractivity contribution in [3.8, 4) is 0 Å². The fourth-order valence-corrected chi connectivity index (χ4v) is 5.59. The van der Waals surface area contributed by atoms with Gasteiger partial charge in [-0.2, -0.15) is 47.9 Å². The van der Waals surface area contributed by atoms with Crippen molar-refractivity contribution >= 4 is 35.9 Å². The van der Waals surface area contributed by atoms with Crippen LogP contribution in [0.5, 0.6) is 0 Å². The molecule has 1 N–H and O–H groups in total. The Morgan fingerprint density at radius 3 is 1.86 bits per heavy atom. The Labute approximate surface area is 197 Å². The first-order valence-electron chi connectivity index (χ1n) is 8.72. The average molecular weight is 603 g/mol. The molecule has 0 aromatic carbocycles. The molecule has 0 heterocycles. The van der Waals surface area contributed by atoms with Crippen LogP contribution in [0, 0.1) is 5.92 Å². The van der Waals surface area contributed by atoms with Crippen LogP contribution in [0.15, 0.2) is 36.1 Å². The molecule has 1 aliphatic rings. The molecule has 1 unspecified atom stereocenters. The van der Waals surface area contributed by atoms with E-state index >= 15 is 0 Å². The molecule has 0 aromatic heterocycles. The average Bonchev–Trinajstić information content (AvgIpc) is 2.66. The van der Waals surface area contributed by atoms with Crippen molar-refractivity contribution in [1.82, 2.24) is 4.13 Å². The van der Waals surface area contributed by atoms with E-state index in [0.717, 1.165) is 6.08 Å². The molecule has 21 heteroatoms. The monoisotopic (exact) mass is 603 g/mol. The maximum atomic E-state index is 14.1. The van der Waals surface area contributed by atoms with Crippen LogP contribution < -0.4 is 4.13 Å². The Balaban J connectivity index is 3.27. The smallest absolute Gasteiger partial charge is 0.378 e. The van der Waals surface area contributed by atoms with Crippen LogP contribution in [0.3, 0.4) is 0 Å². The zero-order valence-corrected chi connectivity index (χ0v) is 19.8. The number of sulfonamides is 2. The fraction of sp³-hybridized carbons (Fsp3) is 0.533. The normalized spacial score (nSPS) is 18.5. The van der Waals surface area contributed by atoms with Gasteiger partial charge in [-0.1, -0.05) is 16.8 Å². The van der Waals surface area contributed by atoms with Gasteiger partial charge in [-0.25, -0.2) is 16.8 Å². The van der Waals surface area contributed by atoms with Gasteiger partial charge in [0.25, 0.3) is 10.0 Å². The fourth-order valence-electron chi connectivity index (χ4n) is 2.19. The Kier molecular flexibility index (Phi) is 8.54. The van der Waals surface area contributed by atoms with E-state index < -0.39 is 73.7 Å². The number of Topliss-reactive ketones (excluding diaryl/α,β-unsaturated/α-hetero) is 1. The maximum absolute atomic E-state index is 14.1. The summed E-state index contributed by atoms with van der Waals surface area (Å²) in [7, 11) is -22.4. The first-order valence-corrected chi connectivity index (χ1v) is 13.1. The highest BCUT2D eigenvalue weighted by atomic mass is 32.3. The zero-order chi connectivity index (χ0) is 28.8. The minimum absolute atomic E-state index is 0.132. The quantitative estimate of drug-likeness (QED) is 0.216. The summed E-state index contributed by atoms with van der Waals surface area (Å²) in [6.07, 6.45) is 1.76. The molecule has 0 radical (unpaired) electrons. The van der Waals surface area contributed by atoms with Crippen molar-refractivity contribution in [2.45, 2.75) is 41.7 Å². The molecule has 0 bridgehead atoms. The summed E-state index contributed by atoms with van der Waals surface area (Å²) in [5.41, 5.74) is -6.54. The maximum Gasteiger partial charge on any atom is 0.512 e. The molecule has 9 nitrogen and oxygen atoms in total. The van der Waals surface area contributed by atoms with E-state index in [4.69, 9.17) is 0 Å². The number of nitrogens with one attached hydrogen (secondary N) is 1.